The largest absolute Gasteiger partial charge is 0.481 e. The zero-order chi connectivity index (χ0) is 28.7. The van der Waals surface area contributed by atoms with E-state index in [-0.39, 0.29) is 11.8 Å². The van der Waals surface area contributed by atoms with Gasteiger partial charge in [-0.1, -0.05) is 64.8 Å². The van der Waals surface area contributed by atoms with Crippen molar-refractivity contribution in [2.24, 2.45) is 34.5 Å². The minimum absolute atomic E-state index is 0.145. The predicted octanol–water partition coefficient (Wildman–Crippen LogP) is 5.44. The molecule has 2 bridgehead atoms. The summed E-state index contributed by atoms with van der Waals surface area (Å²) in [6.45, 7) is 13.8. The van der Waals surface area contributed by atoms with Gasteiger partial charge in [0.2, 0.25) is 0 Å². The lowest BCUT2D eigenvalue weighted by Gasteiger charge is -2.52. The fraction of sp³-hybridized carbons (Fsp3) is 0.806. The number of allylic oxidation sites excluding steroid dienone is 1. The van der Waals surface area contributed by atoms with Crippen molar-refractivity contribution in [2.75, 3.05) is 13.7 Å². The number of carboxylic acid groups (broad SMARTS) is 1. The van der Waals surface area contributed by atoms with Crippen LogP contribution in [-0.2, 0) is 33.0 Å². The second-order valence-electron chi connectivity index (χ2n) is 13.6. The van der Waals surface area contributed by atoms with Crippen molar-refractivity contribution in [1.82, 2.24) is 0 Å². The summed E-state index contributed by atoms with van der Waals surface area (Å²) in [4.78, 5) is 27.1. The van der Waals surface area contributed by atoms with Gasteiger partial charge in [-0.2, -0.15) is 0 Å². The minimum Gasteiger partial charge on any atom is -0.481 e. The number of fused-ring (bicyclic) bond motifs is 4. The summed E-state index contributed by atoms with van der Waals surface area (Å²) < 4.78 is 31.9. The first-order valence-electron chi connectivity index (χ1n) is 15.4. The zero-order valence-electron chi connectivity index (χ0n) is 24.6. The van der Waals surface area contributed by atoms with Gasteiger partial charge in [-0.25, -0.2) is 0 Å². The third-order valence-electron chi connectivity index (χ3n) is 12.0. The van der Waals surface area contributed by atoms with Crippen LogP contribution in [0.3, 0.4) is 0 Å². The number of hydrogen-bond donors (Lipinski definition) is 1. The van der Waals surface area contributed by atoms with Crippen LogP contribution >= 0.6 is 0 Å². The maximum atomic E-state index is 13.6. The van der Waals surface area contributed by atoms with E-state index >= 15 is 0 Å². The number of aliphatic carboxylic acids is 1. The Hall–Kier alpha value is -1.52. The van der Waals surface area contributed by atoms with Crippen LogP contribution in [0, 0.1) is 34.5 Å². The maximum Gasteiger partial charge on any atom is 0.315 e. The molecule has 3 aliphatic carbocycles. The molecule has 3 aliphatic heterocycles. The number of carboxylic acids is 1. The molecule has 0 aromatic heterocycles. The van der Waals surface area contributed by atoms with Gasteiger partial charge in [-0.15, -0.1) is 0 Å². The highest BCUT2D eigenvalue weighted by Crippen LogP contribution is 2.68. The van der Waals surface area contributed by atoms with E-state index in [0.717, 1.165) is 43.3 Å². The van der Waals surface area contributed by atoms with E-state index in [4.69, 9.17) is 23.4 Å². The standard InChI is InChI=1S/C31H46O8Si/c1-7-40(8-2,18(3)4)39-31-16-23(35-6)38-28(31)37-22-15-21(31)19(5)24(22)30(27(33)34)14-12-20-11-9-10-13-29(20)17-36-26(32)25(29)30/h12,14,18,20-25,28H,5,7-11,13,15-17H2,1-4,6H3,(H,33,34)/t20-,21-,22+,23+,24+,25-,28-,29-,30-,31+/m1/s1. The normalized spacial score (nSPS) is 45.8. The molecular formula is C31H46O8Si. The zero-order valence-corrected chi connectivity index (χ0v) is 25.6. The molecule has 222 valence electrons. The second kappa shape index (κ2) is 9.76. The molecule has 0 amide bonds. The van der Waals surface area contributed by atoms with Crippen molar-refractivity contribution >= 4 is 20.3 Å². The molecule has 6 aliphatic rings. The maximum absolute atomic E-state index is 13.6. The fourth-order valence-corrected chi connectivity index (χ4v) is 13.6. The Morgan fingerprint density at radius 2 is 2.00 bits per heavy atom. The monoisotopic (exact) mass is 574 g/mol. The summed E-state index contributed by atoms with van der Waals surface area (Å²) >= 11 is 0. The van der Waals surface area contributed by atoms with Gasteiger partial charge in [-0.05, 0) is 42.8 Å². The van der Waals surface area contributed by atoms with E-state index in [2.05, 4.69) is 40.3 Å². The van der Waals surface area contributed by atoms with Crippen molar-refractivity contribution in [3.63, 3.8) is 0 Å². The number of esters is 1. The van der Waals surface area contributed by atoms with E-state index in [1.54, 1.807) is 7.11 Å². The van der Waals surface area contributed by atoms with Crippen LogP contribution < -0.4 is 0 Å². The molecule has 6 rings (SSSR count). The van der Waals surface area contributed by atoms with Crippen LogP contribution in [0.1, 0.15) is 66.2 Å². The topological polar surface area (TPSA) is 101 Å². The van der Waals surface area contributed by atoms with Gasteiger partial charge in [0.15, 0.2) is 20.9 Å². The molecular weight excluding hydrogens is 528 g/mol. The Bertz CT molecular complexity index is 1100. The number of carbonyl (C=O) groups excluding carboxylic acids is 1. The van der Waals surface area contributed by atoms with E-state index in [9.17, 15) is 14.7 Å². The molecule has 0 radical (unpaired) electrons. The average Bonchev–Trinajstić information content (AvgIpc) is 3.58. The summed E-state index contributed by atoms with van der Waals surface area (Å²) in [6, 6.07) is 1.91. The van der Waals surface area contributed by atoms with Gasteiger partial charge < -0.3 is 28.5 Å². The number of methoxy groups -OCH3 is 1. The lowest BCUT2D eigenvalue weighted by atomic mass is 9.47. The van der Waals surface area contributed by atoms with E-state index in [1.807, 2.05) is 6.08 Å². The highest BCUT2D eigenvalue weighted by molar-refractivity contribution is 6.75. The molecule has 0 unspecified atom stereocenters. The Kier molecular flexibility index (Phi) is 6.98. The lowest BCUT2D eigenvalue weighted by molar-refractivity contribution is -0.270. The van der Waals surface area contributed by atoms with Gasteiger partial charge >= 0.3 is 11.9 Å². The van der Waals surface area contributed by atoms with Gasteiger partial charge in [-0.3, -0.25) is 9.59 Å². The van der Waals surface area contributed by atoms with Gasteiger partial charge in [0.05, 0.1) is 18.6 Å². The Balaban J connectivity index is 1.46. The van der Waals surface area contributed by atoms with E-state index in [1.165, 1.54) is 0 Å². The number of rotatable bonds is 8. The van der Waals surface area contributed by atoms with Crippen LogP contribution in [0.25, 0.3) is 0 Å². The number of carbonyl (C=O) groups is 2. The van der Waals surface area contributed by atoms with Crippen molar-refractivity contribution < 1.29 is 38.1 Å². The Labute approximate surface area is 238 Å². The SMILES string of the molecule is C=C1[C@H]2C[C@H](O[C@@H]3O[C@H](OC)C[C@@]32O[Si](CC)(CC)C(C)C)[C@H]1[C@]1(C(=O)O)C=C[C@H]2CCCC[C@@]23COC(=O)[C@H]31. The van der Waals surface area contributed by atoms with E-state index < -0.39 is 67.2 Å². The molecule has 8 nitrogen and oxygen atoms in total. The number of ether oxygens (including phenoxy) is 4. The molecule has 2 saturated carbocycles. The molecule has 0 aromatic carbocycles. The first-order chi connectivity index (χ1) is 19.0. The summed E-state index contributed by atoms with van der Waals surface area (Å²) in [5, 5.41) is 11.1. The molecule has 1 spiro atoms. The quantitative estimate of drug-likeness (QED) is 0.233. The second-order valence-corrected chi connectivity index (χ2v) is 18.5. The fourth-order valence-electron chi connectivity index (χ4n) is 9.89. The van der Waals surface area contributed by atoms with Crippen molar-refractivity contribution in [1.29, 1.82) is 0 Å². The van der Waals surface area contributed by atoms with Gasteiger partial charge in [0.1, 0.15) is 11.0 Å². The predicted molar refractivity (Wildman–Crippen MR) is 150 cm³/mol. The molecule has 10 atom stereocenters. The third-order valence-corrected chi connectivity index (χ3v) is 17.3. The first kappa shape index (κ1) is 28.6. The average molecular weight is 575 g/mol. The number of hydrogen-bond acceptors (Lipinski definition) is 7. The van der Waals surface area contributed by atoms with Gasteiger partial charge in [0, 0.05) is 30.8 Å². The van der Waals surface area contributed by atoms with Crippen molar-refractivity contribution in [3.05, 3.63) is 24.3 Å². The van der Waals surface area contributed by atoms with Crippen molar-refractivity contribution in [3.8, 4) is 0 Å². The lowest BCUT2D eigenvalue weighted by Crippen LogP contribution is -2.60. The Morgan fingerprint density at radius 1 is 1.25 bits per heavy atom. The summed E-state index contributed by atoms with van der Waals surface area (Å²) in [5.41, 5.74) is -1.59. The van der Waals surface area contributed by atoms with Crippen LogP contribution in [-0.4, -0.2) is 63.4 Å². The van der Waals surface area contributed by atoms with Crippen molar-refractivity contribution in [2.45, 2.75) is 108 Å². The van der Waals surface area contributed by atoms with Gasteiger partial charge in [0.25, 0.3) is 0 Å². The van der Waals surface area contributed by atoms with Crippen LogP contribution in [0.2, 0.25) is 17.6 Å². The molecule has 40 heavy (non-hydrogen) atoms. The summed E-state index contributed by atoms with van der Waals surface area (Å²) in [7, 11) is -0.599. The Morgan fingerprint density at radius 3 is 2.65 bits per heavy atom. The van der Waals surface area contributed by atoms with E-state index in [0.29, 0.717) is 25.0 Å². The van der Waals surface area contributed by atoms with Crippen LogP contribution in [0.15, 0.2) is 24.3 Å². The molecule has 0 aromatic rings. The summed E-state index contributed by atoms with van der Waals surface area (Å²) in [6.07, 6.45) is 7.20. The highest BCUT2D eigenvalue weighted by atomic mass is 28.4. The first-order valence-corrected chi connectivity index (χ1v) is 17.8. The minimum atomic E-state index is -2.23. The van der Waals surface area contributed by atoms with Crippen LogP contribution in [0.5, 0.6) is 0 Å². The molecule has 1 N–H and O–H groups in total. The summed E-state index contributed by atoms with van der Waals surface area (Å²) in [5.74, 6) is -2.76. The third kappa shape index (κ3) is 3.57. The highest BCUT2D eigenvalue weighted by Gasteiger charge is 2.75. The smallest absolute Gasteiger partial charge is 0.315 e. The molecule has 9 heteroatoms. The molecule has 3 heterocycles. The molecule has 3 saturated heterocycles. The molecule has 5 fully saturated rings. The van der Waals surface area contributed by atoms with Crippen LogP contribution in [0.4, 0.5) is 0 Å². The number of cyclic esters (lactones) is 1.